The van der Waals surface area contributed by atoms with E-state index in [4.69, 9.17) is 4.74 Å². The summed E-state index contributed by atoms with van der Waals surface area (Å²) in [6.07, 6.45) is 0.812. The number of anilines is 2. The number of carbonyl (C=O) groups is 2. The number of nitrogens with zero attached hydrogens (tertiary/aromatic N) is 4. The van der Waals surface area contributed by atoms with Gasteiger partial charge >= 0.3 is 5.97 Å². The Hall–Kier alpha value is -3.00. The van der Waals surface area contributed by atoms with Crippen LogP contribution in [0.4, 0.5) is 11.5 Å². The molecule has 154 valence electrons. The number of carbonyl (C=O) groups excluding carboxylic acids is 2. The van der Waals surface area contributed by atoms with E-state index in [2.05, 4.69) is 32.0 Å². The van der Waals surface area contributed by atoms with E-state index in [1.54, 1.807) is 24.3 Å². The Morgan fingerprint density at radius 2 is 1.90 bits per heavy atom. The lowest BCUT2D eigenvalue weighted by atomic mass is 10.2. The third-order valence-electron chi connectivity index (χ3n) is 4.83. The highest BCUT2D eigenvalue weighted by molar-refractivity contribution is 5.95. The number of ether oxygens (including phenoxy) is 1. The van der Waals surface area contributed by atoms with Crippen molar-refractivity contribution in [1.29, 1.82) is 0 Å². The van der Waals surface area contributed by atoms with Gasteiger partial charge in [-0.2, -0.15) is 0 Å². The average molecular weight is 397 g/mol. The summed E-state index contributed by atoms with van der Waals surface area (Å²) in [5.41, 5.74) is 1.97. The number of hydrogen-bond donors (Lipinski definition) is 1. The largest absolute Gasteiger partial charge is 0.465 e. The zero-order chi connectivity index (χ0) is 20.8. The van der Waals surface area contributed by atoms with Gasteiger partial charge in [-0.1, -0.05) is 13.0 Å². The number of rotatable bonds is 6. The molecule has 0 bridgehead atoms. The van der Waals surface area contributed by atoms with Gasteiger partial charge < -0.3 is 15.0 Å². The normalized spacial score (nSPS) is 14.5. The molecule has 8 nitrogen and oxygen atoms in total. The number of piperazine rings is 1. The van der Waals surface area contributed by atoms with Crippen molar-refractivity contribution in [3.05, 3.63) is 47.4 Å². The molecule has 1 aliphatic rings. The summed E-state index contributed by atoms with van der Waals surface area (Å²) < 4.78 is 4.71. The van der Waals surface area contributed by atoms with Gasteiger partial charge in [0.15, 0.2) is 0 Å². The lowest BCUT2D eigenvalue weighted by Gasteiger charge is -2.35. The maximum Gasteiger partial charge on any atom is 0.337 e. The topological polar surface area (TPSA) is 87.7 Å². The molecule has 1 saturated heterocycles. The molecule has 0 radical (unpaired) electrons. The van der Waals surface area contributed by atoms with Gasteiger partial charge in [0.1, 0.15) is 11.6 Å². The number of hydrogen-bond acceptors (Lipinski definition) is 7. The highest BCUT2D eigenvalue weighted by Gasteiger charge is 2.20. The van der Waals surface area contributed by atoms with Crippen LogP contribution in [0.1, 0.15) is 28.8 Å². The Kier molecular flexibility index (Phi) is 6.77. The van der Waals surface area contributed by atoms with Gasteiger partial charge in [0.25, 0.3) is 0 Å². The molecular formula is C21H27N5O3. The summed E-state index contributed by atoms with van der Waals surface area (Å²) in [6.45, 7) is 7.52. The number of nitrogens with one attached hydrogen (secondary N) is 1. The fourth-order valence-electron chi connectivity index (χ4n) is 3.31. The Bertz CT molecular complexity index is 878. The van der Waals surface area contributed by atoms with E-state index in [1.165, 1.54) is 7.11 Å². The zero-order valence-corrected chi connectivity index (χ0v) is 17.1. The van der Waals surface area contributed by atoms with Crippen LogP contribution in [0.25, 0.3) is 0 Å². The van der Waals surface area contributed by atoms with E-state index in [9.17, 15) is 9.59 Å². The van der Waals surface area contributed by atoms with E-state index in [0.717, 1.165) is 49.9 Å². The zero-order valence-electron chi connectivity index (χ0n) is 17.1. The predicted molar refractivity (Wildman–Crippen MR) is 111 cm³/mol. The minimum Gasteiger partial charge on any atom is -0.465 e. The van der Waals surface area contributed by atoms with Gasteiger partial charge in [0.2, 0.25) is 5.91 Å². The van der Waals surface area contributed by atoms with Crippen LogP contribution in [-0.2, 0) is 16.0 Å². The van der Waals surface area contributed by atoms with E-state index in [1.807, 2.05) is 13.0 Å². The van der Waals surface area contributed by atoms with E-state index < -0.39 is 5.97 Å². The molecule has 2 heterocycles. The molecule has 0 aliphatic carbocycles. The SMILES string of the molecule is CCc1nc(C)cc(N2CCN(CC(=O)Nc3cccc(C(=O)OC)c3)CC2)n1. The summed E-state index contributed by atoms with van der Waals surface area (Å²) in [6, 6.07) is 8.75. The van der Waals surface area contributed by atoms with Crippen molar-refractivity contribution in [3.8, 4) is 0 Å². The van der Waals surface area contributed by atoms with Crippen LogP contribution in [0, 0.1) is 6.92 Å². The lowest BCUT2D eigenvalue weighted by Crippen LogP contribution is -2.49. The third kappa shape index (κ3) is 5.51. The summed E-state index contributed by atoms with van der Waals surface area (Å²) in [7, 11) is 1.33. The second-order valence-corrected chi connectivity index (χ2v) is 7.02. The molecule has 0 saturated carbocycles. The molecule has 0 spiro atoms. The van der Waals surface area contributed by atoms with Crippen molar-refractivity contribution in [2.45, 2.75) is 20.3 Å². The maximum absolute atomic E-state index is 12.4. The molecule has 1 aromatic carbocycles. The van der Waals surface area contributed by atoms with E-state index >= 15 is 0 Å². The van der Waals surface area contributed by atoms with E-state index in [-0.39, 0.29) is 5.91 Å². The standard InChI is InChI=1S/C21H27N5O3/c1-4-18-22-15(2)12-19(24-18)26-10-8-25(9-11-26)14-20(27)23-17-7-5-6-16(13-17)21(28)29-3/h5-7,12-13H,4,8-11,14H2,1-3H3,(H,23,27). The average Bonchev–Trinajstić information content (AvgIpc) is 2.73. The number of aromatic nitrogens is 2. The Morgan fingerprint density at radius 1 is 1.14 bits per heavy atom. The highest BCUT2D eigenvalue weighted by atomic mass is 16.5. The molecule has 29 heavy (non-hydrogen) atoms. The van der Waals surface area contributed by atoms with Crippen molar-refractivity contribution in [2.24, 2.45) is 0 Å². The van der Waals surface area contributed by atoms with Gasteiger partial charge in [0.05, 0.1) is 19.2 Å². The van der Waals surface area contributed by atoms with Crippen molar-refractivity contribution < 1.29 is 14.3 Å². The van der Waals surface area contributed by atoms with Crippen LogP contribution in [0.5, 0.6) is 0 Å². The van der Waals surface area contributed by atoms with Crippen LogP contribution >= 0.6 is 0 Å². The molecule has 0 unspecified atom stereocenters. The minimum absolute atomic E-state index is 0.105. The monoisotopic (exact) mass is 397 g/mol. The highest BCUT2D eigenvalue weighted by Crippen LogP contribution is 2.16. The Labute approximate surface area is 170 Å². The molecule has 8 heteroatoms. The number of amides is 1. The molecule has 3 rings (SSSR count). The summed E-state index contributed by atoms with van der Waals surface area (Å²) >= 11 is 0. The Balaban J connectivity index is 1.52. The van der Waals surface area contributed by atoms with Crippen molar-refractivity contribution in [1.82, 2.24) is 14.9 Å². The van der Waals surface area contributed by atoms with Gasteiger partial charge in [-0.05, 0) is 25.1 Å². The van der Waals surface area contributed by atoms with Crippen molar-refractivity contribution in [3.63, 3.8) is 0 Å². The van der Waals surface area contributed by atoms with Gasteiger partial charge in [-0.25, -0.2) is 14.8 Å². The smallest absolute Gasteiger partial charge is 0.337 e. The number of aryl methyl sites for hydroxylation is 2. The fourth-order valence-corrected chi connectivity index (χ4v) is 3.31. The van der Waals surface area contributed by atoms with Crippen molar-refractivity contribution >= 4 is 23.4 Å². The van der Waals surface area contributed by atoms with Gasteiger partial charge in [-0.3, -0.25) is 9.69 Å². The molecular weight excluding hydrogens is 370 g/mol. The summed E-state index contributed by atoms with van der Waals surface area (Å²) in [5.74, 6) is 1.28. The molecule has 1 aromatic heterocycles. The molecule has 1 amide bonds. The fraction of sp³-hybridized carbons (Fsp3) is 0.429. The van der Waals surface area contributed by atoms with Crippen LogP contribution in [0.3, 0.4) is 0 Å². The van der Waals surface area contributed by atoms with Crippen LogP contribution in [0.15, 0.2) is 30.3 Å². The first-order valence-corrected chi connectivity index (χ1v) is 9.78. The minimum atomic E-state index is -0.427. The Morgan fingerprint density at radius 3 is 2.59 bits per heavy atom. The second-order valence-electron chi connectivity index (χ2n) is 7.02. The summed E-state index contributed by atoms with van der Waals surface area (Å²) in [4.78, 5) is 37.4. The maximum atomic E-state index is 12.4. The molecule has 0 atom stereocenters. The summed E-state index contributed by atoms with van der Waals surface area (Å²) in [5, 5.41) is 2.85. The van der Waals surface area contributed by atoms with Crippen molar-refractivity contribution in [2.75, 3.05) is 50.1 Å². The number of esters is 1. The number of methoxy groups -OCH3 is 1. The quantitative estimate of drug-likeness (QED) is 0.745. The first-order valence-electron chi connectivity index (χ1n) is 9.78. The van der Waals surface area contributed by atoms with E-state index in [0.29, 0.717) is 17.8 Å². The van der Waals surface area contributed by atoms with Crippen LogP contribution in [0.2, 0.25) is 0 Å². The first-order chi connectivity index (χ1) is 14.0. The predicted octanol–water partition coefficient (Wildman–Crippen LogP) is 1.89. The molecule has 1 aliphatic heterocycles. The van der Waals surface area contributed by atoms with Gasteiger partial charge in [-0.15, -0.1) is 0 Å². The molecule has 1 fully saturated rings. The first kappa shape index (κ1) is 20.7. The number of benzene rings is 1. The molecule has 2 aromatic rings. The lowest BCUT2D eigenvalue weighted by molar-refractivity contribution is -0.117. The van der Waals surface area contributed by atoms with Crippen LogP contribution < -0.4 is 10.2 Å². The molecule has 1 N–H and O–H groups in total. The second kappa shape index (κ2) is 9.47. The van der Waals surface area contributed by atoms with Gasteiger partial charge in [0, 0.05) is 50.0 Å². The van der Waals surface area contributed by atoms with Crippen LogP contribution in [-0.4, -0.2) is 66.6 Å². The third-order valence-corrected chi connectivity index (χ3v) is 4.83.